The van der Waals surface area contributed by atoms with Gasteiger partial charge >= 0.3 is 6.18 Å². The van der Waals surface area contributed by atoms with E-state index in [-0.39, 0.29) is 18.3 Å². The number of rotatable bonds is 4. The summed E-state index contributed by atoms with van der Waals surface area (Å²) in [6, 6.07) is 4.72. The molecule has 1 fully saturated rings. The van der Waals surface area contributed by atoms with E-state index in [0.29, 0.717) is 0 Å². The van der Waals surface area contributed by atoms with E-state index in [1.165, 1.54) is 25.0 Å². The van der Waals surface area contributed by atoms with Crippen molar-refractivity contribution in [3.63, 3.8) is 0 Å². The van der Waals surface area contributed by atoms with Crippen LogP contribution in [0.1, 0.15) is 55.7 Å². The smallest absolute Gasteiger partial charge is 0.376 e. The summed E-state index contributed by atoms with van der Waals surface area (Å²) in [5.74, 6) is 0. The molecule has 0 aliphatic heterocycles. The van der Waals surface area contributed by atoms with Gasteiger partial charge in [0.1, 0.15) is 0 Å². The van der Waals surface area contributed by atoms with Crippen LogP contribution < -0.4 is 5.73 Å². The number of benzene rings is 1. The van der Waals surface area contributed by atoms with Crippen LogP contribution in [0, 0.1) is 0 Å². The summed E-state index contributed by atoms with van der Waals surface area (Å²) in [5.41, 5.74) is 5.37. The number of alkyl halides is 3. The van der Waals surface area contributed by atoms with Crippen molar-refractivity contribution in [2.75, 3.05) is 6.61 Å². The summed E-state index contributed by atoms with van der Waals surface area (Å²) in [4.78, 5) is 0. The fourth-order valence-electron chi connectivity index (χ4n) is 2.82. The highest BCUT2D eigenvalue weighted by Crippen LogP contribution is 2.34. The van der Waals surface area contributed by atoms with Crippen LogP contribution in [0.25, 0.3) is 0 Å². The molecule has 1 aliphatic rings. The third kappa shape index (κ3) is 4.71. The third-order valence-electron chi connectivity index (χ3n) is 3.98. The first-order valence-corrected chi connectivity index (χ1v) is 7.52. The van der Waals surface area contributed by atoms with Gasteiger partial charge in [0.05, 0.1) is 24.3 Å². The molecular weight excluding hydrogens is 279 g/mol. The zero-order valence-corrected chi connectivity index (χ0v) is 12.0. The van der Waals surface area contributed by atoms with E-state index in [4.69, 9.17) is 10.5 Å². The van der Waals surface area contributed by atoms with E-state index in [2.05, 4.69) is 0 Å². The standard InChI is InChI=1S/C16H22F3NO/c17-16(18,19)14-10-6-5-9-13(14)15(20)11-21-12-7-3-1-2-4-8-12/h5-6,9-10,12,15H,1-4,7-8,11,20H2. The summed E-state index contributed by atoms with van der Waals surface area (Å²) in [7, 11) is 0. The van der Waals surface area contributed by atoms with Crippen LogP contribution in [0.15, 0.2) is 24.3 Å². The van der Waals surface area contributed by atoms with Gasteiger partial charge in [-0.05, 0) is 24.5 Å². The molecule has 1 aromatic carbocycles. The van der Waals surface area contributed by atoms with Crippen molar-refractivity contribution < 1.29 is 17.9 Å². The highest BCUT2D eigenvalue weighted by Gasteiger charge is 2.34. The molecule has 0 saturated heterocycles. The molecule has 1 aliphatic carbocycles. The molecule has 0 aromatic heterocycles. The van der Waals surface area contributed by atoms with Crippen LogP contribution in [0.3, 0.4) is 0 Å². The normalized spacial score (nSPS) is 19.2. The SMILES string of the molecule is NC(COC1CCCCCC1)c1ccccc1C(F)(F)F. The number of ether oxygens (including phenoxy) is 1. The van der Waals surface area contributed by atoms with Crippen molar-refractivity contribution >= 4 is 0 Å². The second-order valence-electron chi connectivity index (χ2n) is 5.64. The van der Waals surface area contributed by atoms with Crippen LogP contribution in [-0.2, 0) is 10.9 Å². The molecule has 5 heteroatoms. The molecule has 2 N–H and O–H groups in total. The first-order valence-electron chi connectivity index (χ1n) is 7.52. The fraction of sp³-hybridized carbons (Fsp3) is 0.625. The molecule has 1 aromatic rings. The third-order valence-corrected chi connectivity index (χ3v) is 3.98. The van der Waals surface area contributed by atoms with Crippen LogP contribution in [0.5, 0.6) is 0 Å². The van der Waals surface area contributed by atoms with Gasteiger partial charge in [0.15, 0.2) is 0 Å². The minimum atomic E-state index is -4.38. The van der Waals surface area contributed by atoms with E-state index < -0.39 is 17.8 Å². The van der Waals surface area contributed by atoms with Crippen molar-refractivity contribution in [1.82, 2.24) is 0 Å². The Balaban J connectivity index is 1.98. The average molecular weight is 301 g/mol. The Labute approximate surface area is 123 Å². The van der Waals surface area contributed by atoms with Gasteiger partial charge in [-0.2, -0.15) is 13.2 Å². The van der Waals surface area contributed by atoms with Crippen molar-refractivity contribution in [2.45, 2.75) is 56.8 Å². The molecule has 0 spiro atoms. The highest BCUT2D eigenvalue weighted by atomic mass is 19.4. The number of hydrogen-bond acceptors (Lipinski definition) is 2. The molecule has 2 rings (SSSR count). The molecule has 118 valence electrons. The lowest BCUT2D eigenvalue weighted by Gasteiger charge is -2.21. The lowest BCUT2D eigenvalue weighted by atomic mass is 10.0. The highest BCUT2D eigenvalue weighted by molar-refractivity contribution is 5.32. The zero-order valence-electron chi connectivity index (χ0n) is 12.0. The zero-order chi connectivity index (χ0) is 15.3. The molecule has 0 bridgehead atoms. The van der Waals surface area contributed by atoms with Crippen molar-refractivity contribution in [3.05, 3.63) is 35.4 Å². The van der Waals surface area contributed by atoms with Gasteiger partial charge in [-0.15, -0.1) is 0 Å². The Morgan fingerprint density at radius 3 is 2.33 bits per heavy atom. The Morgan fingerprint density at radius 1 is 1.10 bits per heavy atom. The summed E-state index contributed by atoms with van der Waals surface area (Å²) in [6.07, 6.45) is 2.39. The second-order valence-corrected chi connectivity index (χ2v) is 5.64. The van der Waals surface area contributed by atoms with Crippen molar-refractivity contribution in [2.24, 2.45) is 5.73 Å². The van der Waals surface area contributed by atoms with E-state index in [1.807, 2.05) is 0 Å². The molecule has 0 heterocycles. The van der Waals surface area contributed by atoms with Gasteiger partial charge in [-0.25, -0.2) is 0 Å². The molecule has 1 atom stereocenters. The quantitative estimate of drug-likeness (QED) is 0.834. The van der Waals surface area contributed by atoms with E-state index >= 15 is 0 Å². The molecule has 0 amide bonds. The first-order chi connectivity index (χ1) is 9.98. The van der Waals surface area contributed by atoms with Crippen molar-refractivity contribution in [1.29, 1.82) is 0 Å². The van der Waals surface area contributed by atoms with Crippen LogP contribution in [0.4, 0.5) is 13.2 Å². The lowest BCUT2D eigenvalue weighted by molar-refractivity contribution is -0.138. The Kier molecular flexibility index (Phi) is 5.65. The number of nitrogens with two attached hydrogens (primary N) is 1. The Hall–Kier alpha value is -1.07. The average Bonchev–Trinajstić information content (AvgIpc) is 2.72. The summed E-state index contributed by atoms with van der Waals surface area (Å²) >= 11 is 0. The van der Waals surface area contributed by atoms with Gasteiger partial charge in [0, 0.05) is 0 Å². The molecule has 21 heavy (non-hydrogen) atoms. The molecule has 1 saturated carbocycles. The first kappa shape index (κ1) is 16.3. The molecular formula is C16H22F3NO. The predicted molar refractivity (Wildman–Crippen MR) is 75.8 cm³/mol. The van der Waals surface area contributed by atoms with Crippen molar-refractivity contribution in [3.8, 4) is 0 Å². The summed E-state index contributed by atoms with van der Waals surface area (Å²) in [5, 5.41) is 0. The maximum Gasteiger partial charge on any atom is 0.416 e. The summed E-state index contributed by atoms with van der Waals surface area (Å²) < 4.78 is 44.6. The van der Waals surface area contributed by atoms with Gasteiger partial charge in [0.25, 0.3) is 0 Å². The fourth-order valence-corrected chi connectivity index (χ4v) is 2.82. The van der Waals surface area contributed by atoms with Crippen LogP contribution in [-0.4, -0.2) is 12.7 Å². The summed E-state index contributed by atoms with van der Waals surface area (Å²) in [6.45, 7) is 0.137. The van der Waals surface area contributed by atoms with Gasteiger partial charge in [-0.3, -0.25) is 0 Å². The monoisotopic (exact) mass is 301 g/mol. The minimum Gasteiger partial charge on any atom is -0.376 e. The predicted octanol–water partition coefficient (Wildman–Crippen LogP) is 4.44. The number of halogens is 3. The van der Waals surface area contributed by atoms with E-state index in [0.717, 1.165) is 31.7 Å². The van der Waals surface area contributed by atoms with E-state index in [1.54, 1.807) is 6.07 Å². The Bertz CT molecular complexity index is 439. The topological polar surface area (TPSA) is 35.2 Å². The van der Waals surface area contributed by atoms with Gasteiger partial charge in [0.2, 0.25) is 0 Å². The van der Waals surface area contributed by atoms with Crippen LogP contribution >= 0.6 is 0 Å². The van der Waals surface area contributed by atoms with Gasteiger partial charge < -0.3 is 10.5 Å². The maximum absolute atomic E-state index is 13.0. The molecule has 2 nitrogen and oxygen atoms in total. The molecule has 0 radical (unpaired) electrons. The van der Waals surface area contributed by atoms with E-state index in [9.17, 15) is 13.2 Å². The lowest BCUT2D eigenvalue weighted by Crippen LogP contribution is -2.24. The van der Waals surface area contributed by atoms with Crippen LogP contribution in [0.2, 0.25) is 0 Å². The number of hydrogen-bond donors (Lipinski definition) is 1. The largest absolute Gasteiger partial charge is 0.416 e. The van der Waals surface area contributed by atoms with Gasteiger partial charge in [-0.1, -0.05) is 43.9 Å². The maximum atomic E-state index is 13.0. The Morgan fingerprint density at radius 2 is 1.71 bits per heavy atom. The molecule has 1 unspecified atom stereocenters. The minimum absolute atomic E-state index is 0.110. The second kappa shape index (κ2) is 7.27.